The molecule has 1 rings (SSSR count). The van der Waals surface area contributed by atoms with Gasteiger partial charge in [-0.15, -0.1) is 0 Å². The molecule has 0 spiro atoms. The van der Waals surface area contributed by atoms with Gasteiger partial charge in [-0.1, -0.05) is 57.5 Å². The van der Waals surface area contributed by atoms with E-state index in [2.05, 4.69) is 52.0 Å². The molecule has 0 fully saturated rings. The van der Waals surface area contributed by atoms with Crippen LogP contribution in [0.15, 0.2) is 24.3 Å². The van der Waals surface area contributed by atoms with E-state index in [4.69, 9.17) is 0 Å². The lowest BCUT2D eigenvalue weighted by Crippen LogP contribution is -2.31. The van der Waals surface area contributed by atoms with Crippen LogP contribution < -0.4 is 0 Å². The van der Waals surface area contributed by atoms with E-state index in [0.717, 1.165) is 12.8 Å². The van der Waals surface area contributed by atoms with Gasteiger partial charge in [0, 0.05) is 11.3 Å². The van der Waals surface area contributed by atoms with Crippen molar-refractivity contribution in [3.63, 3.8) is 0 Å². The van der Waals surface area contributed by atoms with Crippen molar-refractivity contribution in [3.05, 3.63) is 35.4 Å². The molecule has 0 bridgehead atoms. The van der Waals surface area contributed by atoms with E-state index >= 15 is 0 Å². The Hall–Kier alpha value is -1.11. The van der Waals surface area contributed by atoms with Crippen molar-refractivity contribution in [2.45, 2.75) is 47.5 Å². The Morgan fingerprint density at radius 1 is 1.35 bits per heavy atom. The number of ketones is 1. The average Bonchev–Trinajstić information content (AvgIpc) is 2.26. The Labute approximate surface area is 105 Å². The van der Waals surface area contributed by atoms with Crippen LogP contribution in [0.1, 0.15) is 45.2 Å². The van der Waals surface area contributed by atoms with E-state index in [0.29, 0.717) is 5.78 Å². The summed E-state index contributed by atoms with van der Waals surface area (Å²) < 4.78 is 0. The first-order valence-electron chi connectivity index (χ1n) is 6.46. The maximum Gasteiger partial charge on any atom is 0.141 e. The van der Waals surface area contributed by atoms with Crippen molar-refractivity contribution in [3.8, 4) is 0 Å². The van der Waals surface area contributed by atoms with Gasteiger partial charge in [0.25, 0.3) is 0 Å². The van der Waals surface area contributed by atoms with Crippen LogP contribution in [0.3, 0.4) is 0 Å². The summed E-state index contributed by atoms with van der Waals surface area (Å²) in [7, 11) is 0. The van der Waals surface area contributed by atoms with Gasteiger partial charge in [0.2, 0.25) is 0 Å². The second-order valence-corrected chi connectivity index (χ2v) is 5.72. The van der Waals surface area contributed by atoms with Gasteiger partial charge >= 0.3 is 0 Å². The van der Waals surface area contributed by atoms with E-state index in [1.165, 1.54) is 11.1 Å². The minimum absolute atomic E-state index is 0.162. The zero-order chi connectivity index (χ0) is 13.1. The predicted molar refractivity (Wildman–Crippen MR) is 73.1 cm³/mol. The number of hydrogen-bond acceptors (Lipinski definition) is 1. The number of carbonyl (C=O) groups is 1. The molecular formula is C16H24O. The Bertz CT molecular complexity index is 390. The largest absolute Gasteiger partial charge is 0.299 e. The topological polar surface area (TPSA) is 17.1 Å². The summed E-state index contributed by atoms with van der Waals surface area (Å²) in [6, 6.07) is 8.44. The van der Waals surface area contributed by atoms with Gasteiger partial charge in [-0.25, -0.2) is 0 Å². The third kappa shape index (κ3) is 3.69. The molecule has 0 heterocycles. The first-order valence-corrected chi connectivity index (χ1v) is 6.46. The van der Waals surface area contributed by atoms with Crippen molar-refractivity contribution >= 4 is 5.78 Å². The maximum absolute atomic E-state index is 12.3. The lowest BCUT2D eigenvalue weighted by atomic mass is 9.76. The van der Waals surface area contributed by atoms with Gasteiger partial charge in [-0.3, -0.25) is 4.79 Å². The number of rotatable bonds is 5. The zero-order valence-corrected chi connectivity index (χ0v) is 11.7. The van der Waals surface area contributed by atoms with Crippen LogP contribution in [-0.2, 0) is 11.2 Å². The van der Waals surface area contributed by atoms with Gasteiger partial charge in [0.1, 0.15) is 5.78 Å². The molecule has 1 aromatic rings. The molecule has 0 unspecified atom stereocenters. The minimum Gasteiger partial charge on any atom is -0.299 e. The van der Waals surface area contributed by atoms with Gasteiger partial charge in [0.15, 0.2) is 0 Å². The van der Waals surface area contributed by atoms with E-state index in [-0.39, 0.29) is 11.3 Å². The summed E-state index contributed by atoms with van der Waals surface area (Å²) in [5.41, 5.74) is 2.25. The fourth-order valence-corrected chi connectivity index (χ4v) is 2.27. The standard InChI is InChI=1S/C16H24O/c1-6-13(3)15(17)16(4,5)11-14-9-7-8-12(2)10-14/h7-10,13H,6,11H2,1-5H3/t13-/m0/s1. The number of hydrogen-bond donors (Lipinski definition) is 0. The Morgan fingerprint density at radius 2 is 2.00 bits per heavy atom. The van der Waals surface area contributed by atoms with Crippen LogP contribution in [0.4, 0.5) is 0 Å². The van der Waals surface area contributed by atoms with Crippen LogP contribution >= 0.6 is 0 Å². The molecule has 0 N–H and O–H groups in total. The van der Waals surface area contributed by atoms with Crippen LogP contribution in [0.2, 0.25) is 0 Å². The number of Topliss-reactive ketones (excluding diaryl/α,β-unsaturated/α-hetero) is 1. The molecule has 0 aliphatic rings. The van der Waals surface area contributed by atoms with Crippen molar-refractivity contribution < 1.29 is 4.79 Å². The molecule has 0 radical (unpaired) electrons. The SMILES string of the molecule is CC[C@H](C)C(=O)C(C)(C)Cc1cccc(C)c1. The molecule has 1 nitrogen and oxygen atoms in total. The van der Waals surface area contributed by atoms with Crippen molar-refractivity contribution in [1.82, 2.24) is 0 Å². The van der Waals surface area contributed by atoms with Crippen LogP contribution in [0.25, 0.3) is 0 Å². The first kappa shape index (κ1) is 14.0. The molecule has 0 amide bonds. The van der Waals surface area contributed by atoms with E-state index < -0.39 is 0 Å². The maximum atomic E-state index is 12.3. The minimum atomic E-state index is -0.261. The number of benzene rings is 1. The molecule has 0 aliphatic heterocycles. The summed E-state index contributed by atoms with van der Waals surface area (Å²) >= 11 is 0. The van der Waals surface area contributed by atoms with Gasteiger partial charge in [0.05, 0.1) is 0 Å². The highest BCUT2D eigenvalue weighted by molar-refractivity contribution is 5.86. The monoisotopic (exact) mass is 232 g/mol. The summed E-state index contributed by atoms with van der Waals surface area (Å²) in [4.78, 5) is 12.3. The Kier molecular flexibility index (Phi) is 4.50. The van der Waals surface area contributed by atoms with Crippen molar-refractivity contribution in [2.75, 3.05) is 0 Å². The molecular weight excluding hydrogens is 208 g/mol. The molecule has 1 aromatic carbocycles. The van der Waals surface area contributed by atoms with E-state index in [1.54, 1.807) is 0 Å². The molecule has 1 heteroatoms. The summed E-state index contributed by atoms with van der Waals surface area (Å²) in [6.07, 6.45) is 1.76. The molecule has 94 valence electrons. The smallest absolute Gasteiger partial charge is 0.141 e. The summed E-state index contributed by atoms with van der Waals surface area (Å²) in [5, 5.41) is 0. The molecule has 0 aliphatic carbocycles. The molecule has 1 atom stereocenters. The second kappa shape index (κ2) is 5.48. The number of aryl methyl sites for hydroxylation is 1. The van der Waals surface area contributed by atoms with Gasteiger partial charge < -0.3 is 0 Å². The Morgan fingerprint density at radius 3 is 2.53 bits per heavy atom. The van der Waals surface area contributed by atoms with Crippen LogP contribution in [0, 0.1) is 18.3 Å². The van der Waals surface area contributed by atoms with Crippen LogP contribution in [-0.4, -0.2) is 5.78 Å². The fraction of sp³-hybridized carbons (Fsp3) is 0.562. The quantitative estimate of drug-likeness (QED) is 0.744. The highest BCUT2D eigenvalue weighted by Crippen LogP contribution is 2.27. The fourth-order valence-electron chi connectivity index (χ4n) is 2.27. The van der Waals surface area contributed by atoms with E-state index in [9.17, 15) is 4.79 Å². The van der Waals surface area contributed by atoms with Gasteiger partial charge in [-0.2, -0.15) is 0 Å². The molecule has 17 heavy (non-hydrogen) atoms. The second-order valence-electron chi connectivity index (χ2n) is 5.72. The highest BCUT2D eigenvalue weighted by atomic mass is 16.1. The van der Waals surface area contributed by atoms with Crippen molar-refractivity contribution in [2.24, 2.45) is 11.3 Å². The van der Waals surface area contributed by atoms with Crippen LogP contribution in [0.5, 0.6) is 0 Å². The van der Waals surface area contributed by atoms with Crippen molar-refractivity contribution in [1.29, 1.82) is 0 Å². The highest BCUT2D eigenvalue weighted by Gasteiger charge is 2.30. The lowest BCUT2D eigenvalue weighted by Gasteiger charge is -2.26. The predicted octanol–water partition coefficient (Wildman–Crippen LogP) is 4.18. The zero-order valence-electron chi connectivity index (χ0n) is 11.7. The normalized spacial score (nSPS) is 13.5. The van der Waals surface area contributed by atoms with Gasteiger partial charge in [-0.05, 0) is 25.3 Å². The summed E-state index contributed by atoms with van der Waals surface area (Å²) in [5.74, 6) is 0.538. The first-order chi connectivity index (χ1) is 7.86. The average molecular weight is 232 g/mol. The Balaban J connectivity index is 2.82. The lowest BCUT2D eigenvalue weighted by molar-refractivity contribution is -0.130. The third-order valence-corrected chi connectivity index (χ3v) is 3.46. The molecule has 0 saturated heterocycles. The molecule has 0 saturated carbocycles. The number of carbonyl (C=O) groups excluding carboxylic acids is 1. The van der Waals surface area contributed by atoms with E-state index in [1.807, 2.05) is 6.92 Å². The summed E-state index contributed by atoms with van der Waals surface area (Å²) in [6.45, 7) is 10.3. The molecule has 0 aromatic heterocycles. The third-order valence-electron chi connectivity index (χ3n) is 3.46.